The molecule has 0 saturated carbocycles. The highest BCUT2D eigenvalue weighted by Crippen LogP contribution is 2.27. The van der Waals surface area contributed by atoms with E-state index in [2.05, 4.69) is 15.3 Å². The van der Waals surface area contributed by atoms with Crippen molar-refractivity contribution in [3.63, 3.8) is 0 Å². The molecule has 0 unspecified atom stereocenters. The zero-order valence-corrected chi connectivity index (χ0v) is 20.1. The first kappa shape index (κ1) is 25.4. The standard InChI is InChI=1S/C22H17Cl3F3N5O2/c23-13-6-4-12(5-7-13)20-31-33(21(35)32(20)11-19(34)22(26,27)28)10-15-8-14(29-30-15)9-16-17(24)2-1-3-18(16)25/h1-7,19,34H,8-11H2/t19-/m0/s1. The fourth-order valence-corrected chi connectivity index (χ4v) is 4.17. The number of aliphatic hydroxyl groups is 1. The molecular weight excluding hydrogens is 530 g/mol. The Hall–Kier alpha value is -2.66. The molecular formula is C22H17Cl3F3N5O2. The maximum Gasteiger partial charge on any atom is 0.416 e. The van der Waals surface area contributed by atoms with Crippen LogP contribution < -0.4 is 5.69 Å². The summed E-state index contributed by atoms with van der Waals surface area (Å²) < 4.78 is 40.8. The third kappa shape index (κ3) is 5.78. The number of benzene rings is 2. The van der Waals surface area contributed by atoms with Crippen LogP contribution in [0.4, 0.5) is 13.2 Å². The topological polar surface area (TPSA) is 84.8 Å². The quantitative estimate of drug-likeness (QED) is 0.451. The van der Waals surface area contributed by atoms with Crippen LogP contribution in [-0.2, 0) is 19.5 Å². The second-order valence-electron chi connectivity index (χ2n) is 7.82. The van der Waals surface area contributed by atoms with Crippen molar-refractivity contribution in [2.24, 2.45) is 10.2 Å². The van der Waals surface area contributed by atoms with Crippen molar-refractivity contribution in [3.8, 4) is 11.4 Å². The van der Waals surface area contributed by atoms with Gasteiger partial charge in [-0.15, -0.1) is 5.10 Å². The van der Waals surface area contributed by atoms with Crippen molar-refractivity contribution in [2.45, 2.75) is 38.2 Å². The molecule has 2 heterocycles. The number of rotatable bonds is 7. The second kappa shape index (κ2) is 10.1. The van der Waals surface area contributed by atoms with E-state index in [1.807, 2.05) is 0 Å². The van der Waals surface area contributed by atoms with Gasteiger partial charge in [-0.1, -0.05) is 40.9 Å². The number of hydrogen-bond donors (Lipinski definition) is 1. The Bertz CT molecular complexity index is 1340. The van der Waals surface area contributed by atoms with E-state index in [1.165, 1.54) is 24.3 Å². The van der Waals surface area contributed by atoms with Crippen LogP contribution in [0.15, 0.2) is 57.5 Å². The van der Waals surface area contributed by atoms with Crippen molar-refractivity contribution in [1.82, 2.24) is 14.3 Å². The lowest BCUT2D eigenvalue weighted by molar-refractivity contribution is -0.207. The molecule has 0 radical (unpaired) electrons. The molecule has 35 heavy (non-hydrogen) atoms. The Morgan fingerprint density at radius 1 is 1.00 bits per heavy atom. The summed E-state index contributed by atoms with van der Waals surface area (Å²) in [7, 11) is 0. The SMILES string of the molecule is O=c1n(CC2=NN=C(Cc3c(Cl)cccc3Cl)C2)nc(-c2ccc(Cl)cc2)n1C[C@H](O)C(F)(F)F. The molecule has 13 heteroatoms. The number of nitrogens with zero attached hydrogens (tertiary/aromatic N) is 5. The number of aliphatic hydroxyl groups excluding tert-OH is 1. The van der Waals surface area contributed by atoms with Crippen LogP contribution >= 0.6 is 34.8 Å². The molecule has 1 aromatic heterocycles. The molecule has 1 aliphatic heterocycles. The molecule has 3 aromatic rings. The lowest BCUT2D eigenvalue weighted by Crippen LogP contribution is -2.37. The van der Waals surface area contributed by atoms with E-state index in [0.29, 0.717) is 50.5 Å². The lowest BCUT2D eigenvalue weighted by Gasteiger charge is -2.15. The van der Waals surface area contributed by atoms with E-state index in [4.69, 9.17) is 34.8 Å². The Labute approximate surface area is 212 Å². The molecule has 0 fully saturated rings. The maximum absolute atomic E-state index is 13.0. The van der Waals surface area contributed by atoms with Crippen LogP contribution in [0, 0.1) is 0 Å². The van der Waals surface area contributed by atoms with Crippen molar-refractivity contribution >= 4 is 46.2 Å². The normalized spacial score (nSPS) is 14.7. The molecule has 0 aliphatic carbocycles. The van der Waals surface area contributed by atoms with Gasteiger partial charge in [-0.25, -0.2) is 9.48 Å². The lowest BCUT2D eigenvalue weighted by atomic mass is 10.0. The van der Waals surface area contributed by atoms with E-state index < -0.39 is 24.5 Å². The van der Waals surface area contributed by atoms with Crippen LogP contribution in [0.25, 0.3) is 11.4 Å². The van der Waals surface area contributed by atoms with Gasteiger partial charge >= 0.3 is 11.9 Å². The molecule has 0 amide bonds. The largest absolute Gasteiger partial charge is 0.416 e. The summed E-state index contributed by atoms with van der Waals surface area (Å²) in [5.41, 5.74) is 1.36. The molecule has 4 rings (SSSR count). The minimum absolute atomic E-state index is 0.0439. The summed E-state index contributed by atoms with van der Waals surface area (Å²) in [5, 5.41) is 23.4. The predicted molar refractivity (Wildman–Crippen MR) is 129 cm³/mol. The maximum atomic E-state index is 13.0. The van der Waals surface area contributed by atoms with Crippen LogP contribution in [0.1, 0.15) is 12.0 Å². The molecule has 0 saturated heterocycles. The fraction of sp³-hybridized carbons (Fsp3) is 0.273. The first-order valence-corrected chi connectivity index (χ1v) is 11.4. The van der Waals surface area contributed by atoms with E-state index in [-0.39, 0.29) is 12.4 Å². The number of alkyl halides is 3. The summed E-state index contributed by atoms with van der Waals surface area (Å²) in [6, 6.07) is 11.2. The van der Waals surface area contributed by atoms with Gasteiger partial charge in [0.05, 0.1) is 24.5 Å². The van der Waals surface area contributed by atoms with Gasteiger partial charge in [-0.3, -0.25) is 4.57 Å². The van der Waals surface area contributed by atoms with Crippen LogP contribution in [0.3, 0.4) is 0 Å². The van der Waals surface area contributed by atoms with Gasteiger partial charge in [0.15, 0.2) is 11.9 Å². The first-order chi connectivity index (χ1) is 16.5. The Kier molecular flexibility index (Phi) is 7.37. The smallest absolute Gasteiger partial charge is 0.382 e. The van der Waals surface area contributed by atoms with E-state index in [1.54, 1.807) is 18.2 Å². The zero-order chi connectivity index (χ0) is 25.3. The Balaban J connectivity index is 1.57. The number of hydrogen-bond acceptors (Lipinski definition) is 5. The van der Waals surface area contributed by atoms with Crippen molar-refractivity contribution in [2.75, 3.05) is 0 Å². The third-order valence-electron chi connectivity index (χ3n) is 5.27. The number of halogens is 6. The number of aromatic nitrogens is 3. The minimum Gasteiger partial charge on any atom is -0.382 e. The van der Waals surface area contributed by atoms with Crippen molar-refractivity contribution in [1.29, 1.82) is 0 Å². The predicted octanol–water partition coefficient (Wildman–Crippen LogP) is 5.04. The molecule has 1 N–H and O–H groups in total. The van der Waals surface area contributed by atoms with E-state index in [9.17, 15) is 23.1 Å². The molecule has 1 aliphatic rings. The summed E-state index contributed by atoms with van der Waals surface area (Å²) in [4.78, 5) is 13.0. The minimum atomic E-state index is -4.91. The highest BCUT2D eigenvalue weighted by atomic mass is 35.5. The molecule has 0 spiro atoms. The molecule has 0 bridgehead atoms. The fourth-order valence-electron chi connectivity index (χ4n) is 3.51. The molecule has 7 nitrogen and oxygen atoms in total. The Morgan fingerprint density at radius 3 is 2.26 bits per heavy atom. The van der Waals surface area contributed by atoms with Gasteiger partial charge in [0.2, 0.25) is 0 Å². The van der Waals surface area contributed by atoms with Gasteiger partial charge < -0.3 is 5.11 Å². The van der Waals surface area contributed by atoms with Crippen LogP contribution in [-0.4, -0.2) is 43.2 Å². The highest BCUT2D eigenvalue weighted by molar-refractivity contribution is 6.36. The van der Waals surface area contributed by atoms with E-state index in [0.717, 1.165) is 9.25 Å². The summed E-state index contributed by atoms with van der Waals surface area (Å²) >= 11 is 18.3. The Morgan fingerprint density at radius 2 is 1.63 bits per heavy atom. The third-order valence-corrected chi connectivity index (χ3v) is 6.23. The molecule has 1 atom stereocenters. The zero-order valence-electron chi connectivity index (χ0n) is 17.8. The average Bonchev–Trinajstić information content (AvgIpc) is 3.36. The van der Waals surface area contributed by atoms with Gasteiger partial charge in [0.1, 0.15) is 0 Å². The van der Waals surface area contributed by atoms with Crippen LogP contribution in [0.2, 0.25) is 15.1 Å². The molecule has 184 valence electrons. The summed E-state index contributed by atoms with van der Waals surface area (Å²) in [6.07, 6.45) is -7.00. The highest BCUT2D eigenvalue weighted by Gasteiger charge is 2.39. The van der Waals surface area contributed by atoms with Crippen LogP contribution in [0.5, 0.6) is 0 Å². The average molecular weight is 547 g/mol. The van der Waals surface area contributed by atoms with Gasteiger partial charge in [0, 0.05) is 33.5 Å². The van der Waals surface area contributed by atoms with Gasteiger partial charge in [-0.2, -0.15) is 23.4 Å². The summed E-state index contributed by atoms with van der Waals surface area (Å²) in [5.74, 6) is -0.0439. The first-order valence-electron chi connectivity index (χ1n) is 10.3. The second-order valence-corrected chi connectivity index (χ2v) is 9.08. The monoisotopic (exact) mass is 545 g/mol. The van der Waals surface area contributed by atoms with Crippen molar-refractivity contribution < 1.29 is 18.3 Å². The van der Waals surface area contributed by atoms with Gasteiger partial charge in [0.25, 0.3) is 0 Å². The van der Waals surface area contributed by atoms with Gasteiger partial charge in [-0.05, 0) is 42.0 Å². The van der Waals surface area contributed by atoms with Crippen molar-refractivity contribution in [3.05, 3.63) is 73.6 Å². The molecule has 2 aromatic carbocycles. The van der Waals surface area contributed by atoms with E-state index >= 15 is 0 Å². The summed E-state index contributed by atoms with van der Waals surface area (Å²) in [6.45, 7) is -1.11.